The van der Waals surface area contributed by atoms with Crippen molar-refractivity contribution >= 4 is 11.3 Å². The maximum Gasteiger partial charge on any atom is 0.178 e. The number of hydrogen-bond donors (Lipinski definition) is 1. The molecule has 0 unspecified atom stereocenters. The van der Waals surface area contributed by atoms with Crippen molar-refractivity contribution in [1.82, 2.24) is 10.1 Å². The SMILES string of the molecule is OCc1cc(-c2cncs2)on1. The van der Waals surface area contributed by atoms with E-state index >= 15 is 0 Å². The molecular weight excluding hydrogens is 176 g/mol. The third kappa shape index (κ3) is 1.24. The predicted octanol–water partition coefficient (Wildman–Crippen LogP) is 1.29. The highest BCUT2D eigenvalue weighted by molar-refractivity contribution is 7.13. The number of aliphatic hydroxyl groups is 1. The standard InChI is InChI=1S/C7H6N2O2S/c10-3-5-1-6(11-9-5)7-2-8-4-12-7/h1-2,4,10H,3H2. The molecule has 12 heavy (non-hydrogen) atoms. The summed E-state index contributed by atoms with van der Waals surface area (Å²) in [6, 6.07) is 1.70. The zero-order valence-corrected chi connectivity index (χ0v) is 6.91. The van der Waals surface area contributed by atoms with Crippen LogP contribution in [0.3, 0.4) is 0 Å². The Morgan fingerprint density at radius 1 is 1.58 bits per heavy atom. The molecule has 2 heterocycles. The van der Waals surface area contributed by atoms with Gasteiger partial charge in [0, 0.05) is 12.3 Å². The van der Waals surface area contributed by atoms with Crippen molar-refractivity contribution in [3.05, 3.63) is 23.5 Å². The topological polar surface area (TPSA) is 59.2 Å². The van der Waals surface area contributed by atoms with Gasteiger partial charge in [-0.15, -0.1) is 11.3 Å². The molecule has 0 radical (unpaired) electrons. The first-order valence-electron chi connectivity index (χ1n) is 3.35. The molecule has 5 heteroatoms. The highest BCUT2D eigenvalue weighted by atomic mass is 32.1. The van der Waals surface area contributed by atoms with Crippen molar-refractivity contribution in [1.29, 1.82) is 0 Å². The molecule has 0 aliphatic heterocycles. The summed E-state index contributed by atoms with van der Waals surface area (Å²) >= 11 is 1.47. The van der Waals surface area contributed by atoms with Crippen molar-refractivity contribution in [3.8, 4) is 10.6 Å². The van der Waals surface area contributed by atoms with Gasteiger partial charge in [0.15, 0.2) is 5.76 Å². The molecule has 0 aliphatic carbocycles. The van der Waals surface area contributed by atoms with Crippen molar-refractivity contribution in [2.24, 2.45) is 0 Å². The van der Waals surface area contributed by atoms with E-state index in [0.717, 1.165) is 4.88 Å². The summed E-state index contributed by atoms with van der Waals surface area (Å²) in [4.78, 5) is 4.82. The molecule has 0 saturated carbocycles. The second-order valence-corrected chi connectivity index (χ2v) is 3.09. The summed E-state index contributed by atoms with van der Waals surface area (Å²) in [6.45, 7) is -0.0949. The molecule has 0 spiro atoms. The second-order valence-electron chi connectivity index (χ2n) is 2.21. The Bertz CT molecular complexity index is 355. The van der Waals surface area contributed by atoms with E-state index in [0.29, 0.717) is 11.5 Å². The van der Waals surface area contributed by atoms with E-state index in [2.05, 4.69) is 10.1 Å². The van der Waals surface area contributed by atoms with Gasteiger partial charge in [0.25, 0.3) is 0 Å². The molecule has 0 bridgehead atoms. The van der Waals surface area contributed by atoms with Gasteiger partial charge in [-0.2, -0.15) is 0 Å². The average Bonchev–Trinajstić information content (AvgIpc) is 2.75. The van der Waals surface area contributed by atoms with Crippen molar-refractivity contribution in [2.75, 3.05) is 0 Å². The van der Waals surface area contributed by atoms with E-state index in [1.165, 1.54) is 11.3 Å². The van der Waals surface area contributed by atoms with Crippen LogP contribution in [0.25, 0.3) is 10.6 Å². The molecule has 4 nitrogen and oxygen atoms in total. The molecule has 0 fully saturated rings. The van der Waals surface area contributed by atoms with Crippen LogP contribution in [-0.4, -0.2) is 15.2 Å². The summed E-state index contributed by atoms with van der Waals surface area (Å²) in [5.41, 5.74) is 2.26. The van der Waals surface area contributed by atoms with E-state index in [4.69, 9.17) is 9.63 Å². The van der Waals surface area contributed by atoms with Gasteiger partial charge in [-0.1, -0.05) is 5.16 Å². The van der Waals surface area contributed by atoms with Gasteiger partial charge in [-0.3, -0.25) is 4.98 Å². The van der Waals surface area contributed by atoms with Gasteiger partial charge in [0.2, 0.25) is 0 Å². The minimum Gasteiger partial charge on any atom is -0.390 e. The molecular formula is C7H6N2O2S. The van der Waals surface area contributed by atoms with Crippen LogP contribution < -0.4 is 0 Å². The summed E-state index contributed by atoms with van der Waals surface area (Å²) in [7, 11) is 0. The lowest BCUT2D eigenvalue weighted by molar-refractivity contribution is 0.267. The molecule has 0 amide bonds. The Morgan fingerprint density at radius 2 is 2.50 bits per heavy atom. The third-order valence-electron chi connectivity index (χ3n) is 1.40. The summed E-state index contributed by atoms with van der Waals surface area (Å²) in [5, 5.41) is 12.4. The van der Waals surface area contributed by atoms with Crippen molar-refractivity contribution in [2.45, 2.75) is 6.61 Å². The monoisotopic (exact) mass is 182 g/mol. The van der Waals surface area contributed by atoms with Crippen LogP contribution in [0.5, 0.6) is 0 Å². The second kappa shape index (κ2) is 3.04. The van der Waals surface area contributed by atoms with Crippen LogP contribution in [0, 0.1) is 0 Å². The van der Waals surface area contributed by atoms with Crippen LogP contribution in [0.2, 0.25) is 0 Å². The molecule has 2 rings (SSSR count). The van der Waals surface area contributed by atoms with E-state index < -0.39 is 0 Å². The minimum atomic E-state index is -0.0949. The number of hydrogen-bond acceptors (Lipinski definition) is 5. The highest BCUT2D eigenvalue weighted by Gasteiger charge is 2.06. The zero-order chi connectivity index (χ0) is 8.39. The number of aromatic nitrogens is 2. The number of rotatable bonds is 2. The summed E-state index contributed by atoms with van der Waals surface area (Å²) in [5.74, 6) is 0.654. The molecule has 0 saturated heterocycles. The Balaban J connectivity index is 2.35. The number of nitrogens with zero attached hydrogens (tertiary/aromatic N) is 2. The Morgan fingerprint density at radius 3 is 3.08 bits per heavy atom. The quantitative estimate of drug-likeness (QED) is 0.760. The van der Waals surface area contributed by atoms with Crippen LogP contribution in [0.1, 0.15) is 5.69 Å². The molecule has 1 N–H and O–H groups in total. The predicted molar refractivity (Wildman–Crippen MR) is 43.5 cm³/mol. The normalized spacial score (nSPS) is 10.4. The molecule has 0 aromatic carbocycles. The van der Waals surface area contributed by atoms with E-state index in [1.807, 2.05) is 0 Å². The Kier molecular flexibility index (Phi) is 1.89. The maximum absolute atomic E-state index is 8.71. The molecule has 2 aromatic rings. The zero-order valence-electron chi connectivity index (χ0n) is 6.10. The van der Waals surface area contributed by atoms with Gasteiger partial charge >= 0.3 is 0 Å². The summed E-state index contributed by atoms with van der Waals surface area (Å²) < 4.78 is 4.96. The maximum atomic E-state index is 8.71. The van der Waals surface area contributed by atoms with Crippen molar-refractivity contribution < 1.29 is 9.63 Å². The lowest BCUT2D eigenvalue weighted by atomic mass is 10.3. The van der Waals surface area contributed by atoms with Gasteiger partial charge in [-0.25, -0.2) is 0 Å². The van der Waals surface area contributed by atoms with Crippen LogP contribution in [0.15, 0.2) is 22.3 Å². The summed E-state index contributed by atoms with van der Waals surface area (Å²) in [6.07, 6.45) is 1.70. The van der Waals surface area contributed by atoms with Crippen LogP contribution in [-0.2, 0) is 6.61 Å². The van der Waals surface area contributed by atoms with E-state index in [-0.39, 0.29) is 6.61 Å². The first kappa shape index (κ1) is 7.45. The third-order valence-corrected chi connectivity index (χ3v) is 2.18. The smallest absolute Gasteiger partial charge is 0.178 e. The fourth-order valence-corrected chi connectivity index (χ4v) is 1.41. The fraction of sp³-hybridized carbons (Fsp3) is 0.143. The molecule has 2 aromatic heterocycles. The number of thiazole rings is 1. The first-order valence-corrected chi connectivity index (χ1v) is 4.23. The molecule has 62 valence electrons. The van der Waals surface area contributed by atoms with Crippen LogP contribution in [0.4, 0.5) is 0 Å². The van der Waals surface area contributed by atoms with Gasteiger partial charge in [0.1, 0.15) is 5.69 Å². The highest BCUT2D eigenvalue weighted by Crippen LogP contribution is 2.23. The largest absolute Gasteiger partial charge is 0.390 e. The molecule has 0 aliphatic rings. The molecule has 0 atom stereocenters. The van der Waals surface area contributed by atoms with Crippen LogP contribution >= 0.6 is 11.3 Å². The average molecular weight is 182 g/mol. The van der Waals surface area contributed by atoms with Crippen molar-refractivity contribution in [3.63, 3.8) is 0 Å². The lowest BCUT2D eigenvalue weighted by Crippen LogP contribution is -1.78. The lowest BCUT2D eigenvalue weighted by Gasteiger charge is -1.81. The fourth-order valence-electron chi connectivity index (χ4n) is 0.840. The van der Waals surface area contributed by atoms with Gasteiger partial charge in [0.05, 0.1) is 17.0 Å². The van der Waals surface area contributed by atoms with E-state index in [1.54, 1.807) is 17.8 Å². The number of aliphatic hydroxyl groups excluding tert-OH is 1. The minimum absolute atomic E-state index is 0.0949. The Labute approximate surface area is 72.5 Å². The van der Waals surface area contributed by atoms with E-state index in [9.17, 15) is 0 Å². The first-order chi connectivity index (χ1) is 5.90. The van der Waals surface area contributed by atoms with Gasteiger partial charge < -0.3 is 9.63 Å². The Hall–Kier alpha value is -1.20. The van der Waals surface area contributed by atoms with Gasteiger partial charge in [-0.05, 0) is 0 Å².